The SMILES string of the molecule is C=CCNC(=O)C(=O)C(CCC)NC(=O)[C@@H]1[C@H]2CCC3(CC3)[C@H]2CN1C(=O)[C@@H](NC(=O)NC1(CC)CCCCC1)C1(C)CCCCC1. The highest BCUT2D eigenvalue weighted by Crippen LogP contribution is 2.66. The Labute approximate surface area is 281 Å². The molecule has 1 spiro atoms. The Morgan fingerprint density at radius 1 is 0.894 bits per heavy atom. The molecule has 262 valence electrons. The number of amides is 5. The number of carbonyl (C=O) groups excluding carboxylic acids is 5. The fourth-order valence-corrected chi connectivity index (χ4v) is 9.68. The topological polar surface area (TPSA) is 137 Å². The van der Waals surface area contributed by atoms with Gasteiger partial charge < -0.3 is 26.2 Å². The zero-order chi connectivity index (χ0) is 33.8. The maximum atomic E-state index is 14.9. The van der Waals surface area contributed by atoms with Crippen molar-refractivity contribution in [3.63, 3.8) is 0 Å². The largest absolute Gasteiger partial charge is 0.346 e. The summed E-state index contributed by atoms with van der Waals surface area (Å²) in [6.45, 7) is 10.4. The number of nitrogens with zero attached hydrogens (tertiary/aromatic N) is 1. The van der Waals surface area contributed by atoms with Crippen LogP contribution in [0.3, 0.4) is 0 Å². The minimum Gasteiger partial charge on any atom is -0.346 e. The van der Waals surface area contributed by atoms with E-state index >= 15 is 0 Å². The van der Waals surface area contributed by atoms with Gasteiger partial charge in [0.15, 0.2) is 0 Å². The monoisotopic (exact) mass is 653 g/mol. The van der Waals surface area contributed by atoms with Gasteiger partial charge in [-0.2, -0.15) is 0 Å². The second kappa shape index (κ2) is 14.7. The molecule has 4 saturated carbocycles. The molecule has 0 aromatic heterocycles. The molecule has 4 N–H and O–H groups in total. The number of likely N-dealkylation sites (tertiary alicyclic amines) is 1. The fraction of sp³-hybridized carbons (Fsp3) is 0.811. The lowest BCUT2D eigenvalue weighted by molar-refractivity contribution is -0.145. The molecule has 1 heterocycles. The van der Waals surface area contributed by atoms with Crippen LogP contribution in [-0.2, 0) is 19.2 Å². The summed E-state index contributed by atoms with van der Waals surface area (Å²) in [5.41, 5.74) is -0.503. The maximum Gasteiger partial charge on any atom is 0.315 e. The Balaban J connectivity index is 1.41. The molecule has 5 atom stereocenters. The Morgan fingerprint density at radius 3 is 2.15 bits per heavy atom. The number of urea groups is 1. The molecular weight excluding hydrogens is 594 g/mol. The van der Waals surface area contributed by atoms with E-state index in [4.69, 9.17) is 0 Å². The van der Waals surface area contributed by atoms with Gasteiger partial charge >= 0.3 is 6.03 Å². The summed E-state index contributed by atoms with van der Waals surface area (Å²) in [5.74, 6) is -1.77. The lowest BCUT2D eigenvalue weighted by atomic mass is 9.70. The minimum atomic E-state index is -0.971. The van der Waals surface area contributed by atoms with Crippen molar-refractivity contribution in [2.24, 2.45) is 22.7 Å². The van der Waals surface area contributed by atoms with Crippen LogP contribution in [0.4, 0.5) is 4.79 Å². The van der Waals surface area contributed by atoms with Crippen LogP contribution in [0.1, 0.15) is 130 Å². The van der Waals surface area contributed by atoms with Crippen molar-refractivity contribution in [1.82, 2.24) is 26.2 Å². The zero-order valence-electron chi connectivity index (χ0n) is 29.1. The average molecular weight is 654 g/mol. The van der Waals surface area contributed by atoms with E-state index in [0.29, 0.717) is 19.4 Å². The van der Waals surface area contributed by atoms with E-state index in [2.05, 4.69) is 41.7 Å². The summed E-state index contributed by atoms with van der Waals surface area (Å²) < 4.78 is 0. The molecule has 0 aromatic carbocycles. The van der Waals surface area contributed by atoms with Gasteiger partial charge in [0, 0.05) is 18.6 Å². The van der Waals surface area contributed by atoms with Crippen LogP contribution in [-0.4, -0.2) is 71.2 Å². The van der Waals surface area contributed by atoms with Crippen LogP contribution < -0.4 is 21.3 Å². The predicted molar refractivity (Wildman–Crippen MR) is 181 cm³/mol. The fourth-order valence-electron chi connectivity index (χ4n) is 9.68. The van der Waals surface area contributed by atoms with Gasteiger partial charge in [-0.1, -0.05) is 71.8 Å². The molecule has 1 aliphatic heterocycles. The minimum absolute atomic E-state index is 0.00680. The Morgan fingerprint density at radius 2 is 1.55 bits per heavy atom. The average Bonchev–Trinajstić information content (AvgIpc) is 3.64. The number of ketones is 1. The number of Topliss-reactive ketones (excluding diaryl/α,β-unsaturated/α-hetero) is 1. The predicted octanol–water partition coefficient (Wildman–Crippen LogP) is 4.91. The van der Waals surface area contributed by atoms with Gasteiger partial charge in [-0.25, -0.2) is 4.79 Å². The summed E-state index contributed by atoms with van der Waals surface area (Å²) >= 11 is 0. The van der Waals surface area contributed by atoms with E-state index in [1.54, 1.807) is 4.90 Å². The molecule has 5 fully saturated rings. The van der Waals surface area contributed by atoms with Gasteiger partial charge in [0.05, 0.1) is 6.04 Å². The first-order chi connectivity index (χ1) is 22.5. The number of rotatable bonds is 13. The van der Waals surface area contributed by atoms with E-state index in [1.807, 2.05) is 6.92 Å². The van der Waals surface area contributed by atoms with Gasteiger partial charge in [-0.05, 0) is 86.9 Å². The van der Waals surface area contributed by atoms with Gasteiger partial charge in [-0.15, -0.1) is 6.58 Å². The van der Waals surface area contributed by atoms with Crippen LogP contribution in [0.5, 0.6) is 0 Å². The molecule has 0 radical (unpaired) electrons. The summed E-state index contributed by atoms with van der Waals surface area (Å²) in [7, 11) is 0. The summed E-state index contributed by atoms with van der Waals surface area (Å²) in [5, 5.41) is 12.0. The maximum absolute atomic E-state index is 14.9. The smallest absolute Gasteiger partial charge is 0.315 e. The quantitative estimate of drug-likeness (QED) is 0.165. The number of hydrogen-bond acceptors (Lipinski definition) is 5. The third-order valence-electron chi connectivity index (χ3n) is 12.8. The van der Waals surface area contributed by atoms with Gasteiger partial charge in [0.2, 0.25) is 17.6 Å². The lowest BCUT2D eigenvalue weighted by Crippen LogP contribution is -2.63. The standard InChI is InChI=1S/C37H59N5O5/c1-5-14-27(29(43)32(45)38-23-6-2)39-31(44)28-25-15-20-36(21-22-36)26(25)24-42(28)33(46)30(35(4)16-10-8-11-17-35)40-34(47)41-37(7-3)18-12-9-13-19-37/h6,25-28,30H,2,5,7-24H2,1,3-4H3,(H,38,45)(H,39,44)(H2,40,41,47)/t25-,26-,27?,28-,30+/m0/s1. The van der Waals surface area contributed by atoms with Crippen LogP contribution in [0.25, 0.3) is 0 Å². The molecular formula is C37H59N5O5. The van der Waals surface area contributed by atoms with E-state index in [0.717, 1.165) is 89.9 Å². The van der Waals surface area contributed by atoms with Crippen molar-refractivity contribution >= 4 is 29.5 Å². The first-order valence-corrected chi connectivity index (χ1v) is 18.6. The van der Waals surface area contributed by atoms with Crippen molar-refractivity contribution in [3.05, 3.63) is 12.7 Å². The molecule has 5 aliphatic rings. The molecule has 10 nitrogen and oxygen atoms in total. The number of carbonyl (C=O) groups is 5. The third-order valence-corrected chi connectivity index (χ3v) is 12.8. The Hall–Kier alpha value is -2.91. The van der Waals surface area contributed by atoms with Gasteiger partial charge in [-0.3, -0.25) is 19.2 Å². The highest BCUT2D eigenvalue weighted by Gasteiger charge is 2.64. The van der Waals surface area contributed by atoms with Crippen molar-refractivity contribution in [1.29, 1.82) is 0 Å². The molecule has 0 bridgehead atoms. The number of fused-ring (bicyclic) bond motifs is 2. The zero-order valence-corrected chi connectivity index (χ0v) is 29.1. The molecule has 4 aliphatic carbocycles. The van der Waals surface area contributed by atoms with Crippen molar-refractivity contribution < 1.29 is 24.0 Å². The van der Waals surface area contributed by atoms with Crippen molar-refractivity contribution in [2.75, 3.05) is 13.1 Å². The Bertz CT molecular complexity index is 1200. The van der Waals surface area contributed by atoms with Gasteiger partial charge in [0.1, 0.15) is 12.1 Å². The van der Waals surface area contributed by atoms with E-state index < -0.39 is 35.2 Å². The third kappa shape index (κ3) is 7.41. The van der Waals surface area contributed by atoms with Crippen molar-refractivity contribution in [3.8, 4) is 0 Å². The number of hydrogen-bond donors (Lipinski definition) is 4. The molecule has 5 amide bonds. The molecule has 47 heavy (non-hydrogen) atoms. The molecule has 1 saturated heterocycles. The summed E-state index contributed by atoms with van der Waals surface area (Å²) in [6, 6.07) is -2.77. The van der Waals surface area contributed by atoms with Crippen LogP contribution in [0.2, 0.25) is 0 Å². The van der Waals surface area contributed by atoms with Crippen LogP contribution in [0.15, 0.2) is 12.7 Å². The molecule has 5 rings (SSSR count). The highest BCUT2D eigenvalue weighted by molar-refractivity contribution is 6.38. The summed E-state index contributed by atoms with van der Waals surface area (Å²) in [6.07, 6.45) is 17.4. The second-order valence-electron chi connectivity index (χ2n) is 15.8. The first kappa shape index (κ1) is 35.4. The second-order valence-corrected chi connectivity index (χ2v) is 15.8. The molecule has 10 heteroatoms. The van der Waals surface area contributed by atoms with Crippen LogP contribution in [0, 0.1) is 22.7 Å². The number of nitrogens with one attached hydrogen (secondary N) is 4. The van der Waals surface area contributed by atoms with Gasteiger partial charge in [0.25, 0.3) is 5.91 Å². The molecule has 1 unspecified atom stereocenters. The van der Waals surface area contributed by atoms with E-state index in [9.17, 15) is 24.0 Å². The molecule has 0 aromatic rings. The first-order valence-electron chi connectivity index (χ1n) is 18.6. The normalized spacial score (nSPS) is 28.0. The van der Waals surface area contributed by atoms with Crippen LogP contribution >= 0.6 is 0 Å². The highest BCUT2D eigenvalue weighted by atomic mass is 16.2. The van der Waals surface area contributed by atoms with E-state index in [-0.39, 0.29) is 47.2 Å². The van der Waals surface area contributed by atoms with Crippen molar-refractivity contribution in [2.45, 2.75) is 154 Å². The lowest BCUT2D eigenvalue weighted by Gasteiger charge is -2.44. The van der Waals surface area contributed by atoms with E-state index in [1.165, 1.54) is 12.5 Å². The summed E-state index contributed by atoms with van der Waals surface area (Å²) in [4.78, 5) is 70.5. The Kier molecular flexibility index (Phi) is 11.1.